The number of piperidine rings is 1. The molecule has 1 heterocycles. The Bertz CT molecular complexity index is 323. The van der Waals surface area contributed by atoms with Crippen molar-refractivity contribution in [3.63, 3.8) is 0 Å². The van der Waals surface area contributed by atoms with E-state index in [0.717, 1.165) is 18.8 Å². The molecule has 2 nitrogen and oxygen atoms in total. The van der Waals surface area contributed by atoms with Crippen molar-refractivity contribution in [3.8, 4) is 5.75 Å². The smallest absolute Gasteiger partial charge is 0.132 e. The van der Waals surface area contributed by atoms with E-state index in [4.69, 9.17) is 4.74 Å². The molecule has 1 aliphatic rings. The minimum atomic E-state index is 0.662. The number of benzene rings is 1. The van der Waals surface area contributed by atoms with Gasteiger partial charge in [0.2, 0.25) is 0 Å². The van der Waals surface area contributed by atoms with Crippen molar-refractivity contribution in [2.45, 2.75) is 31.7 Å². The molecule has 1 aromatic rings. The molecule has 1 saturated heterocycles. The Kier molecular flexibility index (Phi) is 4.91. The zero-order valence-corrected chi connectivity index (χ0v) is 11.6. The minimum absolute atomic E-state index is 0.662. The van der Waals surface area contributed by atoms with Crippen LogP contribution >= 0.6 is 22.6 Å². The fraction of sp³-hybridized carbons (Fsp3) is 0.538. The molecule has 88 valence electrons. The average molecular weight is 331 g/mol. The summed E-state index contributed by atoms with van der Waals surface area (Å²) in [6.45, 7) is 1.99. The number of hydrogen-bond donors (Lipinski definition) is 1. The lowest BCUT2D eigenvalue weighted by molar-refractivity contribution is 0.267. The van der Waals surface area contributed by atoms with Crippen LogP contribution in [0.5, 0.6) is 5.75 Å². The topological polar surface area (TPSA) is 21.3 Å². The van der Waals surface area contributed by atoms with Crippen LogP contribution in [0.2, 0.25) is 0 Å². The molecule has 2 rings (SSSR count). The third kappa shape index (κ3) is 3.63. The molecule has 1 aliphatic heterocycles. The predicted octanol–water partition coefficient (Wildman–Crippen LogP) is 3.20. The van der Waals surface area contributed by atoms with Crippen LogP contribution in [-0.4, -0.2) is 19.2 Å². The van der Waals surface area contributed by atoms with Crippen molar-refractivity contribution in [2.24, 2.45) is 0 Å². The molecule has 1 aromatic carbocycles. The SMILES string of the molecule is Ic1ccccc1OCC[C@H]1CCCCN1. The molecule has 16 heavy (non-hydrogen) atoms. The molecular formula is C13H18INO. The lowest BCUT2D eigenvalue weighted by Gasteiger charge is -2.23. The Morgan fingerprint density at radius 3 is 2.94 bits per heavy atom. The van der Waals surface area contributed by atoms with Crippen LogP contribution in [0.15, 0.2) is 24.3 Å². The van der Waals surface area contributed by atoms with Gasteiger partial charge in [-0.3, -0.25) is 0 Å². The zero-order valence-electron chi connectivity index (χ0n) is 9.42. The Labute approximate surface area is 111 Å². The van der Waals surface area contributed by atoms with Gasteiger partial charge in [-0.2, -0.15) is 0 Å². The standard InChI is InChI=1S/C13H18INO/c14-12-6-1-2-7-13(12)16-10-8-11-5-3-4-9-15-11/h1-2,6-7,11,15H,3-5,8-10H2/t11-/m1/s1. The average Bonchev–Trinajstić information content (AvgIpc) is 2.33. The van der Waals surface area contributed by atoms with Gasteiger partial charge in [-0.05, 0) is 60.5 Å². The van der Waals surface area contributed by atoms with Gasteiger partial charge in [0.25, 0.3) is 0 Å². The zero-order chi connectivity index (χ0) is 11.2. The van der Waals surface area contributed by atoms with Gasteiger partial charge in [-0.25, -0.2) is 0 Å². The first kappa shape index (κ1) is 12.2. The first-order chi connectivity index (χ1) is 7.86. The maximum atomic E-state index is 5.79. The lowest BCUT2D eigenvalue weighted by atomic mass is 10.0. The molecule has 3 heteroatoms. The van der Waals surface area contributed by atoms with Gasteiger partial charge in [0.15, 0.2) is 0 Å². The molecule has 0 aromatic heterocycles. The third-order valence-electron chi connectivity index (χ3n) is 2.97. The van der Waals surface area contributed by atoms with E-state index in [9.17, 15) is 0 Å². The maximum absolute atomic E-state index is 5.79. The van der Waals surface area contributed by atoms with Gasteiger partial charge in [0.1, 0.15) is 5.75 Å². The van der Waals surface area contributed by atoms with Crippen molar-refractivity contribution < 1.29 is 4.74 Å². The maximum Gasteiger partial charge on any atom is 0.132 e. The van der Waals surface area contributed by atoms with Crippen LogP contribution in [-0.2, 0) is 0 Å². The molecule has 0 aliphatic carbocycles. The molecule has 0 saturated carbocycles. The fourth-order valence-electron chi connectivity index (χ4n) is 2.04. The highest BCUT2D eigenvalue weighted by atomic mass is 127. The van der Waals surface area contributed by atoms with Crippen LogP contribution in [0.1, 0.15) is 25.7 Å². The summed E-state index contributed by atoms with van der Waals surface area (Å²) in [5.74, 6) is 1.01. The number of rotatable bonds is 4. The summed E-state index contributed by atoms with van der Waals surface area (Å²) in [6, 6.07) is 8.84. The van der Waals surface area contributed by atoms with E-state index in [2.05, 4.69) is 34.0 Å². The molecule has 1 atom stereocenters. The summed E-state index contributed by atoms with van der Waals surface area (Å²) in [5, 5.41) is 3.54. The third-order valence-corrected chi connectivity index (χ3v) is 3.86. The second-order valence-electron chi connectivity index (χ2n) is 4.21. The van der Waals surface area contributed by atoms with Gasteiger partial charge in [-0.1, -0.05) is 18.6 Å². The summed E-state index contributed by atoms with van der Waals surface area (Å²) >= 11 is 2.31. The quantitative estimate of drug-likeness (QED) is 0.856. The van der Waals surface area contributed by atoms with Crippen LogP contribution < -0.4 is 10.1 Å². The summed E-state index contributed by atoms with van der Waals surface area (Å²) in [4.78, 5) is 0. The first-order valence-electron chi connectivity index (χ1n) is 5.97. The summed E-state index contributed by atoms with van der Waals surface area (Å²) < 4.78 is 6.98. The molecule has 0 amide bonds. The van der Waals surface area contributed by atoms with Gasteiger partial charge >= 0.3 is 0 Å². The van der Waals surface area contributed by atoms with E-state index in [1.54, 1.807) is 0 Å². The second-order valence-corrected chi connectivity index (χ2v) is 5.38. The normalized spacial score (nSPS) is 20.7. The Morgan fingerprint density at radius 2 is 2.19 bits per heavy atom. The fourth-order valence-corrected chi connectivity index (χ4v) is 2.59. The highest BCUT2D eigenvalue weighted by Gasteiger charge is 2.12. The Hall–Kier alpha value is -0.290. The van der Waals surface area contributed by atoms with E-state index in [-0.39, 0.29) is 0 Å². The largest absolute Gasteiger partial charge is 0.492 e. The van der Waals surface area contributed by atoms with Crippen LogP contribution in [0, 0.1) is 3.57 Å². The second kappa shape index (κ2) is 6.45. The number of hydrogen-bond acceptors (Lipinski definition) is 2. The highest BCUT2D eigenvalue weighted by molar-refractivity contribution is 14.1. The van der Waals surface area contributed by atoms with Gasteiger partial charge < -0.3 is 10.1 Å². The summed E-state index contributed by atoms with van der Waals surface area (Å²) in [7, 11) is 0. The Balaban J connectivity index is 1.73. The van der Waals surface area contributed by atoms with Gasteiger partial charge in [0, 0.05) is 6.04 Å². The van der Waals surface area contributed by atoms with E-state index in [0.29, 0.717) is 6.04 Å². The van der Waals surface area contributed by atoms with Gasteiger partial charge in [-0.15, -0.1) is 0 Å². The van der Waals surface area contributed by atoms with Crippen molar-refractivity contribution in [3.05, 3.63) is 27.8 Å². The highest BCUT2D eigenvalue weighted by Crippen LogP contribution is 2.20. The van der Waals surface area contributed by atoms with Crippen molar-refractivity contribution >= 4 is 22.6 Å². The molecule has 0 spiro atoms. The van der Waals surface area contributed by atoms with E-state index >= 15 is 0 Å². The van der Waals surface area contributed by atoms with Crippen molar-refractivity contribution in [2.75, 3.05) is 13.2 Å². The van der Waals surface area contributed by atoms with Crippen LogP contribution in [0.4, 0.5) is 0 Å². The van der Waals surface area contributed by atoms with Crippen LogP contribution in [0.3, 0.4) is 0 Å². The summed E-state index contributed by atoms with van der Waals surface area (Å²) in [6.07, 6.45) is 5.11. The first-order valence-corrected chi connectivity index (χ1v) is 7.05. The number of nitrogens with one attached hydrogen (secondary N) is 1. The lowest BCUT2D eigenvalue weighted by Crippen LogP contribution is -2.35. The van der Waals surface area contributed by atoms with E-state index in [1.807, 2.05) is 18.2 Å². The van der Waals surface area contributed by atoms with E-state index < -0.39 is 0 Å². The number of halogens is 1. The van der Waals surface area contributed by atoms with Crippen LogP contribution in [0.25, 0.3) is 0 Å². The number of ether oxygens (including phenoxy) is 1. The van der Waals surface area contributed by atoms with Crippen molar-refractivity contribution in [1.29, 1.82) is 0 Å². The van der Waals surface area contributed by atoms with Gasteiger partial charge in [0.05, 0.1) is 10.2 Å². The Morgan fingerprint density at radius 1 is 1.31 bits per heavy atom. The molecule has 1 fully saturated rings. The molecular weight excluding hydrogens is 313 g/mol. The van der Waals surface area contributed by atoms with E-state index in [1.165, 1.54) is 29.4 Å². The monoisotopic (exact) mass is 331 g/mol. The number of para-hydroxylation sites is 1. The predicted molar refractivity (Wildman–Crippen MR) is 74.9 cm³/mol. The minimum Gasteiger partial charge on any atom is -0.492 e. The molecule has 0 unspecified atom stereocenters. The molecule has 0 radical (unpaired) electrons. The molecule has 1 N–H and O–H groups in total. The molecule has 0 bridgehead atoms. The summed E-state index contributed by atoms with van der Waals surface area (Å²) in [5.41, 5.74) is 0. The van der Waals surface area contributed by atoms with Crippen molar-refractivity contribution in [1.82, 2.24) is 5.32 Å².